The van der Waals surface area contributed by atoms with Gasteiger partial charge in [-0.05, 0) is 84.6 Å². The minimum Gasteiger partial charge on any atom is -0.369 e. The average Bonchev–Trinajstić information content (AvgIpc) is 2.89. The minimum absolute atomic E-state index is 0.238. The molecule has 40 heavy (non-hydrogen) atoms. The second kappa shape index (κ2) is 16.3. The highest BCUT2D eigenvalue weighted by Gasteiger charge is 2.39. The summed E-state index contributed by atoms with van der Waals surface area (Å²) in [4.78, 5) is 18.5. The molecule has 4 heteroatoms. The smallest absolute Gasteiger partial charge is 0.228 e. The van der Waals surface area contributed by atoms with Crippen LogP contribution < -0.4 is 5.73 Å². The Morgan fingerprint density at radius 1 is 0.650 bits per heavy atom. The summed E-state index contributed by atoms with van der Waals surface area (Å²) in [7, 11) is 0. The maximum absolute atomic E-state index is 13.7. The van der Waals surface area contributed by atoms with Crippen LogP contribution in [0.2, 0.25) is 0 Å². The second-order valence-electron chi connectivity index (χ2n) is 12.1. The first-order valence-corrected chi connectivity index (χ1v) is 14.7. The number of nitrogens with zero attached hydrogens (tertiary/aromatic N) is 2. The van der Waals surface area contributed by atoms with Crippen molar-refractivity contribution in [3.63, 3.8) is 0 Å². The molecule has 0 bridgehead atoms. The van der Waals surface area contributed by atoms with Crippen LogP contribution in [0, 0.1) is 0 Å². The van der Waals surface area contributed by atoms with E-state index >= 15 is 0 Å². The van der Waals surface area contributed by atoms with E-state index in [4.69, 9.17) is 5.73 Å². The zero-order valence-corrected chi connectivity index (χ0v) is 26.4. The molecule has 2 rings (SSSR count). The van der Waals surface area contributed by atoms with Crippen molar-refractivity contribution >= 4 is 16.7 Å². The minimum atomic E-state index is -0.788. The molecule has 0 fully saturated rings. The van der Waals surface area contributed by atoms with Crippen LogP contribution in [0.15, 0.2) is 89.1 Å². The summed E-state index contributed by atoms with van der Waals surface area (Å²) in [5, 5.41) is 2.26. The van der Waals surface area contributed by atoms with Crippen molar-refractivity contribution in [2.24, 2.45) is 5.73 Å². The maximum Gasteiger partial charge on any atom is 0.228 e. The van der Waals surface area contributed by atoms with Gasteiger partial charge in [-0.3, -0.25) is 14.6 Å². The summed E-state index contributed by atoms with van der Waals surface area (Å²) in [6.45, 7) is 22.0. The van der Waals surface area contributed by atoms with Gasteiger partial charge in [0.1, 0.15) is 0 Å². The van der Waals surface area contributed by atoms with Crippen LogP contribution in [0.25, 0.3) is 10.8 Å². The van der Waals surface area contributed by atoms with Crippen LogP contribution in [-0.4, -0.2) is 55.0 Å². The van der Waals surface area contributed by atoms with Crippen LogP contribution >= 0.6 is 0 Å². The highest BCUT2D eigenvalue weighted by molar-refractivity contribution is 5.95. The number of rotatable bonds is 16. The summed E-state index contributed by atoms with van der Waals surface area (Å²) in [6, 6.07) is 14.7. The van der Waals surface area contributed by atoms with Gasteiger partial charge in [-0.25, -0.2) is 0 Å². The Balaban J connectivity index is 2.55. The quantitative estimate of drug-likeness (QED) is 0.220. The van der Waals surface area contributed by atoms with Crippen molar-refractivity contribution in [1.29, 1.82) is 0 Å². The molecule has 0 unspecified atom stereocenters. The number of amides is 1. The molecule has 0 aliphatic carbocycles. The Kier molecular flexibility index (Phi) is 13.6. The molecule has 2 N–H and O–H groups in total. The summed E-state index contributed by atoms with van der Waals surface area (Å²) in [5.41, 5.74) is 11.9. The molecule has 0 aromatic heterocycles. The predicted octanol–water partition coefficient (Wildman–Crippen LogP) is 7.81. The lowest BCUT2D eigenvalue weighted by Gasteiger charge is -2.36. The Hall–Kier alpha value is -2.95. The van der Waals surface area contributed by atoms with Crippen molar-refractivity contribution in [3.8, 4) is 0 Å². The number of fused-ring (bicyclic) bond motifs is 1. The van der Waals surface area contributed by atoms with Gasteiger partial charge >= 0.3 is 0 Å². The fourth-order valence-electron chi connectivity index (χ4n) is 4.88. The summed E-state index contributed by atoms with van der Waals surface area (Å²) in [6.07, 6.45) is 10.4. The van der Waals surface area contributed by atoms with Gasteiger partial charge in [-0.2, -0.15) is 0 Å². The third-order valence-electron chi connectivity index (χ3n) is 7.52. The molecule has 2 aromatic carbocycles. The third-order valence-corrected chi connectivity index (χ3v) is 7.52. The molecule has 0 atom stereocenters. The number of hydrogen-bond donors (Lipinski definition) is 1. The lowest BCUT2D eigenvalue weighted by molar-refractivity contribution is -0.124. The summed E-state index contributed by atoms with van der Waals surface area (Å²) < 4.78 is 0. The number of benzene rings is 2. The molecule has 0 spiro atoms. The number of allylic oxidation sites excluding steroid dienone is 4. The molecule has 218 valence electrons. The molecule has 1 amide bonds. The van der Waals surface area contributed by atoms with E-state index in [0.717, 1.165) is 55.6 Å². The molecule has 2 aromatic rings. The molecule has 4 nitrogen and oxygen atoms in total. The van der Waals surface area contributed by atoms with E-state index in [1.165, 1.54) is 22.3 Å². The zero-order valence-electron chi connectivity index (χ0n) is 26.4. The fourth-order valence-corrected chi connectivity index (χ4v) is 4.88. The van der Waals surface area contributed by atoms with Crippen LogP contribution in [0.3, 0.4) is 0 Å². The van der Waals surface area contributed by atoms with Crippen molar-refractivity contribution in [2.45, 2.75) is 73.6 Å². The van der Waals surface area contributed by atoms with E-state index in [1.54, 1.807) is 0 Å². The zero-order chi connectivity index (χ0) is 29.7. The average molecular weight is 544 g/mol. The highest BCUT2D eigenvalue weighted by atomic mass is 16.1. The molecular formula is C36H53N3O. The second-order valence-corrected chi connectivity index (χ2v) is 12.1. The van der Waals surface area contributed by atoms with Gasteiger partial charge in [0.15, 0.2) is 0 Å². The number of nitrogens with two attached hydrogens (primary N) is 1. The van der Waals surface area contributed by atoms with Crippen LogP contribution in [0.5, 0.6) is 0 Å². The van der Waals surface area contributed by atoms with E-state index in [2.05, 4.69) is 132 Å². The van der Waals surface area contributed by atoms with Crippen molar-refractivity contribution in [1.82, 2.24) is 9.80 Å². The molecule has 0 saturated carbocycles. The van der Waals surface area contributed by atoms with Crippen molar-refractivity contribution in [3.05, 3.63) is 94.6 Å². The number of hydrogen-bond acceptors (Lipinski definition) is 3. The molecule has 0 saturated heterocycles. The first kappa shape index (κ1) is 33.3. The van der Waals surface area contributed by atoms with Gasteiger partial charge in [0.25, 0.3) is 0 Å². The van der Waals surface area contributed by atoms with Gasteiger partial charge in [0.05, 0.1) is 5.41 Å². The van der Waals surface area contributed by atoms with Crippen molar-refractivity contribution in [2.75, 3.05) is 39.3 Å². The first-order valence-electron chi connectivity index (χ1n) is 14.7. The van der Waals surface area contributed by atoms with Gasteiger partial charge in [-0.1, -0.05) is 89.1 Å². The normalized spacial score (nSPS) is 11.4. The summed E-state index contributed by atoms with van der Waals surface area (Å²) >= 11 is 0. The SMILES string of the molecule is CC(C)=CCN(CC=C(C)C)CCC(CCN(CC=C(C)C)CC=C(C)C)(C(N)=O)c1cccc2ccccc12. The molecule has 0 heterocycles. The monoisotopic (exact) mass is 543 g/mol. The largest absolute Gasteiger partial charge is 0.369 e. The standard InChI is InChI=1S/C36H53N3O/c1-28(2)16-22-38(23-17-29(3)4)26-20-36(35(37)40,34-15-11-13-32-12-9-10-14-33(32)34)21-27-39(24-18-30(5)6)25-19-31(7)8/h9-19H,20-27H2,1-8H3,(H2,37,40). The van der Waals surface area contributed by atoms with E-state index in [-0.39, 0.29) is 5.91 Å². The molecule has 0 aliphatic rings. The topological polar surface area (TPSA) is 49.6 Å². The molecular weight excluding hydrogens is 490 g/mol. The van der Waals surface area contributed by atoms with Gasteiger partial charge in [0, 0.05) is 39.3 Å². The summed E-state index contributed by atoms with van der Waals surface area (Å²) in [5.74, 6) is -0.238. The van der Waals surface area contributed by atoms with Crippen LogP contribution in [-0.2, 0) is 10.2 Å². The predicted molar refractivity (Wildman–Crippen MR) is 175 cm³/mol. The first-order chi connectivity index (χ1) is 18.9. The Morgan fingerprint density at radius 3 is 1.45 bits per heavy atom. The number of carbonyl (C=O) groups is 1. The van der Waals surface area contributed by atoms with Crippen LogP contribution in [0.4, 0.5) is 0 Å². The number of carbonyl (C=O) groups excluding carboxylic acids is 1. The van der Waals surface area contributed by atoms with Gasteiger partial charge in [-0.15, -0.1) is 0 Å². The maximum atomic E-state index is 13.7. The lowest BCUT2D eigenvalue weighted by Crippen LogP contribution is -2.46. The van der Waals surface area contributed by atoms with Gasteiger partial charge < -0.3 is 5.73 Å². The van der Waals surface area contributed by atoms with Gasteiger partial charge in [0.2, 0.25) is 5.91 Å². The number of primary amides is 1. The van der Waals surface area contributed by atoms with E-state index in [1.807, 2.05) is 0 Å². The highest BCUT2D eigenvalue weighted by Crippen LogP contribution is 2.37. The van der Waals surface area contributed by atoms with E-state index < -0.39 is 5.41 Å². The van der Waals surface area contributed by atoms with E-state index in [9.17, 15) is 4.79 Å². The Morgan fingerprint density at radius 2 is 1.05 bits per heavy atom. The van der Waals surface area contributed by atoms with Crippen molar-refractivity contribution < 1.29 is 4.79 Å². The lowest BCUT2D eigenvalue weighted by atomic mass is 9.72. The Labute approximate surface area is 244 Å². The van der Waals surface area contributed by atoms with E-state index in [0.29, 0.717) is 12.8 Å². The molecule has 0 radical (unpaired) electrons. The fraction of sp³-hybridized carbons (Fsp3) is 0.472. The Bertz CT molecular complexity index is 1120. The molecule has 0 aliphatic heterocycles. The van der Waals surface area contributed by atoms with Crippen LogP contribution in [0.1, 0.15) is 73.8 Å². The third kappa shape index (κ3) is 10.6.